The summed E-state index contributed by atoms with van der Waals surface area (Å²) >= 11 is 0. The predicted octanol–water partition coefficient (Wildman–Crippen LogP) is 2.66. The zero-order chi connectivity index (χ0) is 14.9. The van der Waals surface area contributed by atoms with Gasteiger partial charge in [-0.1, -0.05) is 33.3 Å². The summed E-state index contributed by atoms with van der Waals surface area (Å²) in [5, 5.41) is 2.53. The Balaban J connectivity index is 4.47. The number of hydrogen-bond donors (Lipinski definition) is 1. The van der Waals surface area contributed by atoms with Crippen molar-refractivity contribution in [2.75, 3.05) is 13.7 Å². The number of hydrogen-bond acceptors (Lipinski definition) is 4. The molecule has 0 saturated heterocycles. The topological polar surface area (TPSA) is 64.6 Å². The molecule has 0 aromatic rings. The molecule has 19 heavy (non-hydrogen) atoms. The number of rotatable bonds is 8. The Kier molecular flexibility index (Phi) is 7.87. The summed E-state index contributed by atoms with van der Waals surface area (Å²) in [7, 11) is 1.29. The molecular formula is C14H25NO4. The molecule has 0 spiro atoms. The number of alkyl carbamates (subject to hydrolysis) is 1. The summed E-state index contributed by atoms with van der Waals surface area (Å²) < 4.78 is 9.66. The molecule has 0 aliphatic heterocycles. The van der Waals surface area contributed by atoms with Gasteiger partial charge in [0.15, 0.2) is 0 Å². The lowest BCUT2D eigenvalue weighted by molar-refractivity contribution is -0.143. The Labute approximate surface area is 115 Å². The fourth-order valence-electron chi connectivity index (χ4n) is 1.44. The lowest BCUT2D eigenvalue weighted by Gasteiger charge is -2.25. The van der Waals surface area contributed by atoms with Gasteiger partial charge in [0.25, 0.3) is 0 Å². The number of ether oxygens (including phenoxy) is 2. The van der Waals surface area contributed by atoms with Gasteiger partial charge >= 0.3 is 12.1 Å². The normalized spacial score (nSPS) is 12.4. The highest BCUT2D eigenvalue weighted by molar-refractivity contribution is 5.81. The first-order valence-electron chi connectivity index (χ1n) is 6.51. The molecule has 0 bridgehead atoms. The minimum atomic E-state index is -0.730. The molecule has 0 aliphatic carbocycles. The molecule has 0 fully saturated rings. The largest absolute Gasteiger partial charge is 0.467 e. The van der Waals surface area contributed by atoms with Crippen molar-refractivity contribution in [1.82, 2.24) is 5.32 Å². The van der Waals surface area contributed by atoms with E-state index in [1.165, 1.54) is 7.11 Å². The van der Waals surface area contributed by atoms with Gasteiger partial charge in [-0.15, -0.1) is 6.58 Å². The highest BCUT2D eigenvalue weighted by Gasteiger charge is 2.28. The first-order chi connectivity index (χ1) is 8.86. The van der Waals surface area contributed by atoms with Crippen LogP contribution < -0.4 is 5.32 Å². The van der Waals surface area contributed by atoms with E-state index in [1.807, 2.05) is 20.8 Å². The second-order valence-electron chi connectivity index (χ2n) is 5.11. The number of carbonyl (C=O) groups is 2. The van der Waals surface area contributed by atoms with Crippen molar-refractivity contribution in [3.05, 3.63) is 12.7 Å². The average Bonchev–Trinajstić information content (AvgIpc) is 2.37. The fraction of sp³-hybridized carbons (Fsp3) is 0.714. The third kappa shape index (κ3) is 7.49. The number of carbonyl (C=O) groups excluding carboxylic acids is 2. The number of unbranched alkanes of at least 4 members (excludes halogenated alkanes) is 1. The van der Waals surface area contributed by atoms with Crippen LogP contribution in [0, 0.1) is 5.41 Å². The highest BCUT2D eigenvalue weighted by Crippen LogP contribution is 2.23. The van der Waals surface area contributed by atoms with Gasteiger partial charge in [-0.2, -0.15) is 0 Å². The van der Waals surface area contributed by atoms with Gasteiger partial charge in [0, 0.05) is 0 Å². The van der Waals surface area contributed by atoms with Crippen molar-refractivity contribution in [2.45, 2.75) is 46.1 Å². The first-order valence-corrected chi connectivity index (χ1v) is 6.51. The number of esters is 1. The van der Waals surface area contributed by atoms with E-state index < -0.39 is 18.1 Å². The van der Waals surface area contributed by atoms with Crippen LogP contribution in [-0.4, -0.2) is 31.8 Å². The van der Waals surface area contributed by atoms with Crippen LogP contribution in [0.1, 0.15) is 40.0 Å². The maximum atomic E-state index is 11.6. The number of amides is 1. The Morgan fingerprint density at radius 3 is 2.53 bits per heavy atom. The summed E-state index contributed by atoms with van der Waals surface area (Å²) in [5.74, 6) is -0.484. The van der Waals surface area contributed by atoms with E-state index in [2.05, 4.69) is 16.6 Å². The van der Waals surface area contributed by atoms with E-state index in [0.29, 0.717) is 13.0 Å². The Morgan fingerprint density at radius 1 is 1.42 bits per heavy atom. The number of methoxy groups -OCH3 is 1. The van der Waals surface area contributed by atoms with Gasteiger partial charge in [0.1, 0.15) is 6.04 Å². The molecule has 0 heterocycles. The van der Waals surface area contributed by atoms with Crippen molar-refractivity contribution in [1.29, 1.82) is 0 Å². The molecular weight excluding hydrogens is 246 g/mol. The summed E-state index contributed by atoms with van der Waals surface area (Å²) in [4.78, 5) is 23.2. The van der Waals surface area contributed by atoms with E-state index in [1.54, 1.807) is 6.08 Å². The molecule has 0 aromatic carbocycles. The quantitative estimate of drug-likeness (QED) is 0.419. The zero-order valence-corrected chi connectivity index (χ0v) is 12.3. The van der Waals surface area contributed by atoms with Gasteiger partial charge in [-0.3, -0.25) is 0 Å². The summed E-state index contributed by atoms with van der Waals surface area (Å²) in [6, 6.07) is -0.730. The smallest absolute Gasteiger partial charge is 0.407 e. The minimum Gasteiger partial charge on any atom is -0.467 e. The molecule has 1 unspecified atom stereocenters. The van der Waals surface area contributed by atoms with E-state index in [-0.39, 0.29) is 5.41 Å². The van der Waals surface area contributed by atoms with Crippen molar-refractivity contribution < 1.29 is 19.1 Å². The van der Waals surface area contributed by atoms with Crippen LogP contribution in [0.25, 0.3) is 0 Å². The number of nitrogens with one attached hydrogen (secondary N) is 1. The van der Waals surface area contributed by atoms with Crippen LogP contribution in [0.4, 0.5) is 4.79 Å². The van der Waals surface area contributed by atoms with Crippen LogP contribution in [-0.2, 0) is 14.3 Å². The molecule has 5 nitrogen and oxygen atoms in total. The van der Waals surface area contributed by atoms with Crippen LogP contribution in [0.3, 0.4) is 0 Å². The van der Waals surface area contributed by atoms with Gasteiger partial charge in [0.2, 0.25) is 0 Å². The van der Waals surface area contributed by atoms with Gasteiger partial charge in [0.05, 0.1) is 13.7 Å². The van der Waals surface area contributed by atoms with E-state index >= 15 is 0 Å². The Bertz CT molecular complexity index is 313. The van der Waals surface area contributed by atoms with Crippen LogP contribution in [0.2, 0.25) is 0 Å². The van der Waals surface area contributed by atoms with Crippen molar-refractivity contribution in [3.8, 4) is 0 Å². The third-order valence-corrected chi connectivity index (χ3v) is 2.79. The molecule has 5 heteroatoms. The molecule has 0 aromatic heterocycles. The lowest BCUT2D eigenvalue weighted by atomic mass is 9.86. The van der Waals surface area contributed by atoms with E-state index in [9.17, 15) is 9.59 Å². The average molecular weight is 271 g/mol. The van der Waals surface area contributed by atoms with Crippen molar-refractivity contribution >= 4 is 12.1 Å². The fourth-order valence-corrected chi connectivity index (χ4v) is 1.44. The molecule has 1 atom stereocenters. The second-order valence-corrected chi connectivity index (χ2v) is 5.11. The zero-order valence-electron chi connectivity index (χ0n) is 12.3. The van der Waals surface area contributed by atoms with Crippen molar-refractivity contribution in [3.63, 3.8) is 0 Å². The lowest BCUT2D eigenvalue weighted by Crippen LogP contribution is -2.44. The molecule has 0 saturated carbocycles. The molecule has 0 radical (unpaired) electrons. The summed E-state index contributed by atoms with van der Waals surface area (Å²) in [6.07, 6.45) is 3.30. The monoisotopic (exact) mass is 271 g/mol. The van der Waals surface area contributed by atoms with Gasteiger partial charge in [-0.05, 0) is 18.3 Å². The maximum absolute atomic E-state index is 11.6. The Morgan fingerprint density at radius 2 is 2.05 bits per heavy atom. The molecule has 110 valence electrons. The van der Waals surface area contributed by atoms with E-state index in [4.69, 9.17) is 4.74 Å². The predicted molar refractivity (Wildman–Crippen MR) is 73.8 cm³/mol. The molecule has 1 amide bonds. The maximum Gasteiger partial charge on any atom is 0.407 e. The molecule has 1 N–H and O–H groups in total. The third-order valence-electron chi connectivity index (χ3n) is 2.79. The van der Waals surface area contributed by atoms with Crippen LogP contribution in [0.15, 0.2) is 12.7 Å². The van der Waals surface area contributed by atoms with Gasteiger partial charge in [-0.25, -0.2) is 9.59 Å². The summed E-state index contributed by atoms with van der Waals surface area (Å²) in [6.45, 7) is 9.93. The van der Waals surface area contributed by atoms with Gasteiger partial charge < -0.3 is 14.8 Å². The summed E-state index contributed by atoms with van der Waals surface area (Å²) in [5.41, 5.74) is -0.282. The SMILES string of the molecule is C=CC(C)(C)CC(NC(=O)OCCCC)C(=O)OC. The second kappa shape index (κ2) is 8.56. The highest BCUT2D eigenvalue weighted by atomic mass is 16.6. The standard InChI is InChI=1S/C14H25NO4/c1-6-8-9-19-13(17)15-11(12(16)18-5)10-14(3,4)7-2/h7,11H,2,6,8-10H2,1,3-5H3,(H,15,17). The molecule has 0 rings (SSSR count). The van der Waals surface area contributed by atoms with Crippen LogP contribution >= 0.6 is 0 Å². The first kappa shape index (κ1) is 17.5. The number of allylic oxidation sites excluding steroid dienone is 1. The molecule has 0 aliphatic rings. The minimum absolute atomic E-state index is 0.282. The Hall–Kier alpha value is -1.52. The van der Waals surface area contributed by atoms with Crippen molar-refractivity contribution in [2.24, 2.45) is 5.41 Å². The van der Waals surface area contributed by atoms with E-state index in [0.717, 1.165) is 12.8 Å². The van der Waals surface area contributed by atoms with Crippen LogP contribution in [0.5, 0.6) is 0 Å².